The summed E-state index contributed by atoms with van der Waals surface area (Å²) in [5, 5.41) is 37.7. The van der Waals surface area contributed by atoms with Crippen molar-refractivity contribution in [1.29, 1.82) is 0 Å². The molecule has 1 unspecified atom stereocenters. The molecule has 0 spiro atoms. The van der Waals surface area contributed by atoms with Crippen LogP contribution in [0.15, 0.2) is 21.9 Å². The van der Waals surface area contributed by atoms with Gasteiger partial charge in [-0.1, -0.05) is 0 Å². The molecule has 5 atom stereocenters. The lowest BCUT2D eigenvalue weighted by Crippen LogP contribution is -2.40. The summed E-state index contributed by atoms with van der Waals surface area (Å²) in [4.78, 5) is 24.5. The zero-order valence-electron chi connectivity index (χ0n) is 9.71. The molecule has 1 fully saturated rings. The number of aromatic amines is 1. The first kappa shape index (κ1) is 13.9. The van der Waals surface area contributed by atoms with Crippen LogP contribution in [0, 0.1) is 0 Å². The van der Waals surface area contributed by atoms with Crippen LogP contribution in [0.1, 0.15) is 6.23 Å². The van der Waals surface area contributed by atoms with Crippen molar-refractivity contribution in [3.8, 4) is 0 Å². The second-order valence-electron chi connectivity index (χ2n) is 4.24. The third-order valence-electron chi connectivity index (χ3n) is 2.97. The van der Waals surface area contributed by atoms with Gasteiger partial charge in [0.15, 0.2) is 6.23 Å². The number of nitrogens with zero attached hydrogens (tertiary/aromatic N) is 1. The summed E-state index contributed by atoms with van der Waals surface area (Å²) < 4.78 is 6.06. The number of hydrogen-bond acceptors (Lipinski definition) is 7. The maximum absolute atomic E-state index is 11.5. The zero-order valence-corrected chi connectivity index (χ0v) is 9.71. The van der Waals surface area contributed by atoms with E-state index in [1.54, 1.807) is 0 Å². The van der Waals surface area contributed by atoms with Crippen LogP contribution in [0.2, 0.25) is 0 Å². The van der Waals surface area contributed by atoms with Crippen LogP contribution in [0.3, 0.4) is 0 Å². The molecule has 9 heteroatoms. The van der Waals surface area contributed by atoms with Crippen molar-refractivity contribution in [1.82, 2.24) is 9.55 Å². The molecule has 19 heavy (non-hydrogen) atoms. The second kappa shape index (κ2) is 5.23. The highest BCUT2D eigenvalue weighted by atomic mass is 16.6. The lowest BCUT2D eigenvalue weighted by Gasteiger charge is -2.18. The summed E-state index contributed by atoms with van der Waals surface area (Å²) in [5.41, 5.74) is -1.43. The van der Waals surface area contributed by atoms with Crippen molar-refractivity contribution in [2.75, 3.05) is 6.61 Å². The molecule has 9 nitrogen and oxygen atoms in total. The first-order valence-electron chi connectivity index (χ1n) is 5.57. The third kappa shape index (κ3) is 2.46. The maximum atomic E-state index is 11.5. The van der Waals surface area contributed by atoms with Crippen molar-refractivity contribution < 1.29 is 25.2 Å². The highest BCUT2D eigenvalue weighted by Gasteiger charge is 2.46. The monoisotopic (exact) mass is 274 g/mol. The molecule has 106 valence electrons. The summed E-state index contributed by atoms with van der Waals surface area (Å²) in [5.74, 6) is 0. The molecule has 0 amide bonds. The van der Waals surface area contributed by atoms with E-state index >= 15 is 0 Å². The van der Waals surface area contributed by atoms with E-state index in [1.807, 2.05) is 4.98 Å². The highest BCUT2D eigenvalue weighted by molar-refractivity contribution is 4.95. The molecule has 5 N–H and O–H groups in total. The van der Waals surface area contributed by atoms with Crippen molar-refractivity contribution in [2.45, 2.75) is 30.6 Å². The molecular weight excluding hydrogens is 260 g/mol. The summed E-state index contributed by atoms with van der Waals surface area (Å²) in [7, 11) is 0. The molecule has 0 aromatic carbocycles. The van der Waals surface area contributed by atoms with Gasteiger partial charge in [0.2, 0.25) is 0 Å². The van der Waals surface area contributed by atoms with Gasteiger partial charge >= 0.3 is 5.69 Å². The molecule has 2 heterocycles. The SMILES string of the molecule is O=c1ccn([C@@H]2O[C@H](C(O)CO)[C@@H](O)[C@H]2O)c(=O)[nH]1. The van der Waals surface area contributed by atoms with Gasteiger partial charge in [-0.15, -0.1) is 0 Å². The van der Waals surface area contributed by atoms with Crippen molar-refractivity contribution in [3.63, 3.8) is 0 Å². The van der Waals surface area contributed by atoms with E-state index in [0.29, 0.717) is 0 Å². The summed E-state index contributed by atoms with van der Waals surface area (Å²) in [6, 6.07) is 1.06. The Morgan fingerprint density at radius 1 is 1.37 bits per heavy atom. The maximum Gasteiger partial charge on any atom is 0.330 e. The standard InChI is InChI=1S/C10H14N2O7/c13-3-4(14)8-6(16)7(17)9(19-8)12-2-1-5(15)11-10(12)18/h1-2,4,6-9,13-14,16-17H,3H2,(H,11,15,18)/t4?,6-,7+,8+,9+/m0/s1. The Hall–Kier alpha value is -1.52. The molecule has 1 aromatic rings. The van der Waals surface area contributed by atoms with Crippen LogP contribution in [-0.4, -0.2) is 61.0 Å². The van der Waals surface area contributed by atoms with Gasteiger partial charge in [-0.3, -0.25) is 14.3 Å². The minimum absolute atomic E-state index is 0.610. The van der Waals surface area contributed by atoms with E-state index in [0.717, 1.165) is 16.8 Å². The molecule has 1 aliphatic heterocycles. The molecule has 1 saturated heterocycles. The molecule has 0 radical (unpaired) electrons. The molecule has 0 bridgehead atoms. The average molecular weight is 274 g/mol. The Labute approximate surface area is 106 Å². The molecule has 1 aromatic heterocycles. The van der Waals surface area contributed by atoms with Gasteiger partial charge in [-0.2, -0.15) is 0 Å². The van der Waals surface area contributed by atoms with E-state index in [-0.39, 0.29) is 0 Å². The van der Waals surface area contributed by atoms with Crippen LogP contribution in [-0.2, 0) is 4.74 Å². The topological polar surface area (TPSA) is 145 Å². The van der Waals surface area contributed by atoms with Crippen LogP contribution >= 0.6 is 0 Å². The second-order valence-corrected chi connectivity index (χ2v) is 4.24. The van der Waals surface area contributed by atoms with Gasteiger partial charge in [0.05, 0.1) is 6.61 Å². The van der Waals surface area contributed by atoms with Gasteiger partial charge in [0, 0.05) is 12.3 Å². The fourth-order valence-electron chi connectivity index (χ4n) is 1.97. The number of rotatable bonds is 3. The fraction of sp³-hybridized carbons (Fsp3) is 0.600. The third-order valence-corrected chi connectivity index (χ3v) is 2.97. The van der Waals surface area contributed by atoms with E-state index in [1.165, 1.54) is 0 Å². The molecule has 0 saturated carbocycles. The van der Waals surface area contributed by atoms with Gasteiger partial charge < -0.3 is 25.2 Å². The van der Waals surface area contributed by atoms with Crippen molar-refractivity contribution in [2.24, 2.45) is 0 Å². The fourth-order valence-corrected chi connectivity index (χ4v) is 1.97. The van der Waals surface area contributed by atoms with Gasteiger partial charge in [0.1, 0.15) is 24.4 Å². The summed E-state index contributed by atoms with van der Waals surface area (Å²) >= 11 is 0. The summed E-state index contributed by atoms with van der Waals surface area (Å²) in [6.45, 7) is -0.665. The van der Waals surface area contributed by atoms with E-state index in [4.69, 9.17) is 9.84 Å². The van der Waals surface area contributed by atoms with Crippen molar-refractivity contribution in [3.05, 3.63) is 33.1 Å². The molecular formula is C10H14N2O7. The van der Waals surface area contributed by atoms with Gasteiger partial charge in [-0.25, -0.2) is 4.79 Å². The largest absolute Gasteiger partial charge is 0.394 e. The number of aromatic nitrogens is 2. The summed E-state index contributed by atoms with van der Waals surface area (Å²) in [6.07, 6.45) is -5.72. The molecule has 2 rings (SSSR count). The van der Waals surface area contributed by atoms with Crippen molar-refractivity contribution >= 4 is 0 Å². The van der Waals surface area contributed by atoms with Gasteiger partial charge in [0.25, 0.3) is 5.56 Å². The Morgan fingerprint density at radius 3 is 2.63 bits per heavy atom. The number of hydrogen-bond donors (Lipinski definition) is 5. The predicted molar refractivity (Wildman–Crippen MR) is 60.3 cm³/mol. The number of aliphatic hydroxyl groups excluding tert-OH is 4. The Bertz CT molecular complexity index is 553. The quantitative estimate of drug-likeness (QED) is 0.384. The Balaban J connectivity index is 2.31. The van der Waals surface area contributed by atoms with Gasteiger partial charge in [-0.05, 0) is 0 Å². The Morgan fingerprint density at radius 2 is 2.05 bits per heavy atom. The molecule has 1 aliphatic rings. The minimum Gasteiger partial charge on any atom is -0.394 e. The highest BCUT2D eigenvalue weighted by Crippen LogP contribution is 2.29. The minimum atomic E-state index is -1.48. The molecule has 0 aliphatic carbocycles. The van der Waals surface area contributed by atoms with Crippen LogP contribution in [0.5, 0.6) is 0 Å². The Kier molecular flexibility index (Phi) is 3.83. The lowest BCUT2D eigenvalue weighted by molar-refractivity contribution is -0.0982. The normalized spacial score (nSPS) is 32.4. The van der Waals surface area contributed by atoms with E-state index in [2.05, 4.69) is 0 Å². The van der Waals surface area contributed by atoms with E-state index in [9.17, 15) is 24.9 Å². The van der Waals surface area contributed by atoms with Crippen LogP contribution in [0.4, 0.5) is 0 Å². The number of H-pyrrole nitrogens is 1. The average Bonchev–Trinajstić information content (AvgIpc) is 2.66. The number of nitrogens with one attached hydrogen (secondary N) is 1. The smallest absolute Gasteiger partial charge is 0.330 e. The van der Waals surface area contributed by atoms with E-state index < -0.39 is 48.5 Å². The van der Waals surface area contributed by atoms with Crippen LogP contribution < -0.4 is 11.2 Å². The number of ether oxygens (including phenoxy) is 1. The van der Waals surface area contributed by atoms with Crippen LogP contribution in [0.25, 0.3) is 0 Å². The number of aliphatic hydroxyl groups is 4. The zero-order chi connectivity index (χ0) is 14.2. The first-order chi connectivity index (χ1) is 8.95. The first-order valence-corrected chi connectivity index (χ1v) is 5.57. The lowest BCUT2D eigenvalue weighted by atomic mass is 10.1. The predicted octanol–water partition coefficient (Wildman–Crippen LogP) is -3.49.